The van der Waals surface area contributed by atoms with Crippen LogP contribution in [0.25, 0.3) is 0 Å². The molecule has 4 N–H and O–H groups in total. The van der Waals surface area contributed by atoms with E-state index < -0.39 is 0 Å². The van der Waals surface area contributed by atoms with Crippen LogP contribution in [0.4, 0.5) is 0 Å². The number of oxime groups is 1. The fourth-order valence-corrected chi connectivity index (χ4v) is 1.76. The molecule has 100 valence electrons. The van der Waals surface area contributed by atoms with Crippen LogP contribution in [0.5, 0.6) is 0 Å². The molecule has 0 saturated carbocycles. The van der Waals surface area contributed by atoms with Gasteiger partial charge in [0.15, 0.2) is 0 Å². The van der Waals surface area contributed by atoms with Crippen molar-refractivity contribution in [2.24, 2.45) is 10.9 Å². The Balaban J connectivity index is 2.89. The predicted octanol–water partition coefficient (Wildman–Crippen LogP) is 2.64. The van der Waals surface area contributed by atoms with Gasteiger partial charge < -0.3 is 16.3 Å². The summed E-state index contributed by atoms with van der Waals surface area (Å²) >= 11 is 0. The first kappa shape index (κ1) is 14.5. The number of nitrogens with zero attached hydrogens (tertiary/aromatic N) is 1. The molecule has 0 heterocycles. The lowest BCUT2D eigenvalue weighted by Gasteiger charge is -2.31. The van der Waals surface area contributed by atoms with Crippen LogP contribution in [0.1, 0.15) is 45.2 Å². The molecule has 0 radical (unpaired) electrons. The number of hydrogen-bond donors (Lipinski definition) is 3. The monoisotopic (exact) mass is 249 g/mol. The van der Waals surface area contributed by atoms with E-state index in [0.717, 1.165) is 12.0 Å². The van der Waals surface area contributed by atoms with Gasteiger partial charge in [0.05, 0.1) is 0 Å². The second kappa shape index (κ2) is 6.40. The van der Waals surface area contributed by atoms with Gasteiger partial charge in [0.25, 0.3) is 0 Å². The lowest BCUT2D eigenvalue weighted by atomic mass is 9.96. The molecule has 0 amide bonds. The van der Waals surface area contributed by atoms with Crippen LogP contribution >= 0.6 is 0 Å². The van der Waals surface area contributed by atoms with Gasteiger partial charge in [-0.05, 0) is 25.8 Å². The number of nitrogens with one attached hydrogen (secondary N) is 1. The van der Waals surface area contributed by atoms with Crippen LogP contribution in [0.2, 0.25) is 0 Å². The lowest BCUT2D eigenvalue weighted by molar-refractivity contribution is 0.308. The van der Waals surface area contributed by atoms with E-state index in [1.54, 1.807) is 0 Å². The molecule has 0 aliphatic carbocycles. The Kier molecular flexibility index (Phi) is 5.16. The summed E-state index contributed by atoms with van der Waals surface area (Å²) in [7, 11) is 0. The highest BCUT2D eigenvalue weighted by molar-refractivity contribution is 5.80. The highest BCUT2D eigenvalue weighted by Crippen LogP contribution is 2.21. The molecule has 1 rings (SSSR count). The van der Waals surface area contributed by atoms with Crippen molar-refractivity contribution >= 4 is 5.84 Å². The normalized spacial score (nSPS) is 14.5. The molecular formula is C14H23N3O. The van der Waals surface area contributed by atoms with Crippen LogP contribution in [0.15, 0.2) is 35.5 Å². The standard InChI is InChI=1S/C14H23N3O/c1-4-14(2,3)16-12(10-13(15)17-18)11-8-6-5-7-9-11/h5-9,12,16,18H,4,10H2,1-3H3,(H2,15,17). The number of amidine groups is 1. The third kappa shape index (κ3) is 4.37. The second-order valence-corrected chi connectivity index (χ2v) is 5.14. The van der Waals surface area contributed by atoms with Crippen LogP contribution in [0, 0.1) is 0 Å². The van der Waals surface area contributed by atoms with E-state index in [4.69, 9.17) is 10.9 Å². The maximum Gasteiger partial charge on any atom is 0.141 e. The first-order valence-corrected chi connectivity index (χ1v) is 6.27. The maximum atomic E-state index is 8.72. The average Bonchev–Trinajstić information content (AvgIpc) is 2.38. The van der Waals surface area contributed by atoms with E-state index >= 15 is 0 Å². The van der Waals surface area contributed by atoms with E-state index in [1.807, 2.05) is 30.3 Å². The molecule has 0 bridgehead atoms. The molecule has 0 fully saturated rings. The summed E-state index contributed by atoms with van der Waals surface area (Å²) in [5, 5.41) is 15.3. The van der Waals surface area contributed by atoms with Crippen molar-refractivity contribution in [3.63, 3.8) is 0 Å². The minimum atomic E-state index is 0.0102. The molecular weight excluding hydrogens is 226 g/mol. The maximum absolute atomic E-state index is 8.72. The van der Waals surface area contributed by atoms with Crippen molar-refractivity contribution in [3.8, 4) is 0 Å². The van der Waals surface area contributed by atoms with Gasteiger partial charge in [-0.25, -0.2) is 0 Å². The molecule has 0 aliphatic rings. The van der Waals surface area contributed by atoms with E-state index in [-0.39, 0.29) is 17.4 Å². The summed E-state index contributed by atoms with van der Waals surface area (Å²) in [5.41, 5.74) is 6.79. The summed E-state index contributed by atoms with van der Waals surface area (Å²) in [4.78, 5) is 0. The Hall–Kier alpha value is -1.55. The summed E-state index contributed by atoms with van der Waals surface area (Å²) in [6.45, 7) is 6.43. The summed E-state index contributed by atoms with van der Waals surface area (Å²) in [6.07, 6.45) is 1.50. The molecule has 1 aromatic rings. The number of benzene rings is 1. The molecule has 1 unspecified atom stereocenters. The third-order valence-corrected chi connectivity index (χ3v) is 3.19. The highest BCUT2D eigenvalue weighted by Gasteiger charge is 2.22. The lowest BCUT2D eigenvalue weighted by Crippen LogP contribution is -2.42. The Morgan fingerprint density at radius 3 is 2.50 bits per heavy atom. The van der Waals surface area contributed by atoms with Gasteiger partial charge in [0, 0.05) is 18.0 Å². The Bertz CT molecular complexity index is 387. The van der Waals surface area contributed by atoms with Crippen molar-refractivity contribution in [3.05, 3.63) is 35.9 Å². The number of nitrogens with two attached hydrogens (primary N) is 1. The molecule has 0 aliphatic heterocycles. The molecule has 4 heteroatoms. The van der Waals surface area contributed by atoms with Crippen LogP contribution < -0.4 is 11.1 Å². The van der Waals surface area contributed by atoms with Crippen molar-refractivity contribution in [1.82, 2.24) is 5.32 Å². The molecule has 0 spiro atoms. The van der Waals surface area contributed by atoms with Gasteiger partial charge in [-0.15, -0.1) is 0 Å². The first-order valence-electron chi connectivity index (χ1n) is 6.27. The SMILES string of the molecule is CCC(C)(C)NC(CC(N)=NO)c1ccccc1. The summed E-state index contributed by atoms with van der Waals surface area (Å²) in [5.74, 6) is 0.239. The fraction of sp³-hybridized carbons (Fsp3) is 0.500. The first-order chi connectivity index (χ1) is 8.48. The molecule has 0 saturated heterocycles. The Labute approximate surface area is 109 Å². The van der Waals surface area contributed by atoms with Gasteiger partial charge in [-0.1, -0.05) is 42.4 Å². The topological polar surface area (TPSA) is 70.6 Å². The second-order valence-electron chi connectivity index (χ2n) is 5.14. The number of rotatable bonds is 6. The minimum absolute atomic E-state index is 0.0102. The minimum Gasteiger partial charge on any atom is -0.409 e. The molecule has 1 atom stereocenters. The van der Waals surface area contributed by atoms with Crippen molar-refractivity contribution in [2.75, 3.05) is 0 Å². The zero-order valence-electron chi connectivity index (χ0n) is 11.4. The van der Waals surface area contributed by atoms with E-state index in [9.17, 15) is 0 Å². The number of hydrogen-bond acceptors (Lipinski definition) is 3. The molecule has 1 aromatic carbocycles. The van der Waals surface area contributed by atoms with Crippen molar-refractivity contribution < 1.29 is 5.21 Å². The summed E-state index contributed by atoms with van der Waals surface area (Å²) in [6, 6.07) is 10.1. The molecule has 18 heavy (non-hydrogen) atoms. The zero-order chi connectivity index (χ0) is 13.6. The molecule has 0 aromatic heterocycles. The third-order valence-electron chi connectivity index (χ3n) is 3.19. The fourth-order valence-electron chi connectivity index (χ4n) is 1.76. The largest absolute Gasteiger partial charge is 0.409 e. The Morgan fingerprint density at radius 1 is 1.39 bits per heavy atom. The quantitative estimate of drug-likeness (QED) is 0.314. The van der Waals surface area contributed by atoms with E-state index in [1.165, 1.54) is 0 Å². The van der Waals surface area contributed by atoms with Crippen LogP contribution in [0.3, 0.4) is 0 Å². The van der Waals surface area contributed by atoms with Gasteiger partial charge in [-0.3, -0.25) is 0 Å². The van der Waals surface area contributed by atoms with Crippen molar-refractivity contribution in [1.29, 1.82) is 0 Å². The van der Waals surface area contributed by atoms with Gasteiger partial charge in [0.2, 0.25) is 0 Å². The Morgan fingerprint density at radius 2 is 2.00 bits per heavy atom. The van der Waals surface area contributed by atoms with E-state index in [2.05, 4.69) is 31.2 Å². The zero-order valence-corrected chi connectivity index (χ0v) is 11.4. The van der Waals surface area contributed by atoms with Gasteiger partial charge in [0.1, 0.15) is 5.84 Å². The van der Waals surface area contributed by atoms with E-state index in [0.29, 0.717) is 6.42 Å². The summed E-state index contributed by atoms with van der Waals surface area (Å²) < 4.78 is 0. The smallest absolute Gasteiger partial charge is 0.141 e. The predicted molar refractivity (Wildman–Crippen MR) is 74.7 cm³/mol. The van der Waals surface area contributed by atoms with Gasteiger partial charge in [-0.2, -0.15) is 0 Å². The molecule has 4 nitrogen and oxygen atoms in total. The van der Waals surface area contributed by atoms with Crippen LogP contribution in [-0.2, 0) is 0 Å². The average molecular weight is 249 g/mol. The van der Waals surface area contributed by atoms with Crippen molar-refractivity contribution in [2.45, 2.75) is 45.2 Å². The highest BCUT2D eigenvalue weighted by atomic mass is 16.4. The van der Waals surface area contributed by atoms with Gasteiger partial charge >= 0.3 is 0 Å². The van der Waals surface area contributed by atoms with Crippen LogP contribution in [-0.4, -0.2) is 16.6 Å².